The van der Waals surface area contributed by atoms with Gasteiger partial charge in [0.25, 0.3) is 5.91 Å². The number of aryl methyl sites for hydroxylation is 3. The standard InChI is InChI=1S/C19H20ClNO4S/c1-11-8-14(20)4-5-16(11)21-18(23)10-25-19(24)7-6-17(22)15-9-12(2)26-13(15)3/h4-5,8-9H,6-7,10H2,1-3H3,(H,21,23). The molecule has 0 aliphatic carbocycles. The first-order valence-electron chi connectivity index (χ1n) is 8.08. The molecule has 5 nitrogen and oxygen atoms in total. The highest BCUT2D eigenvalue weighted by atomic mass is 35.5. The van der Waals surface area contributed by atoms with Crippen LogP contribution in [0.25, 0.3) is 0 Å². The minimum atomic E-state index is -0.578. The minimum Gasteiger partial charge on any atom is -0.456 e. The molecule has 0 unspecified atom stereocenters. The molecule has 0 radical (unpaired) electrons. The second-order valence-corrected chi connectivity index (χ2v) is 7.82. The van der Waals surface area contributed by atoms with Gasteiger partial charge >= 0.3 is 5.97 Å². The Morgan fingerprint density at radius 2 is 1.85 bits per heavy atom. The van der Waals surface area contributed by atoms with Crippen molar-refractivity contribution in [1.82, 2.24) is 0 Å². The summed E-state index contributed by atoms with van der Waals surface area (Å²) in [6.45, 7) is 5.23. The van der Waals surface area contributed by atoms with E-state index in [1.54, 1.807) is 29.5 Å². The maximum atomic E-state index is 12.1. The fourth-order valence-electron chi connectivity index (χ4n) is 2.43. The Labute approximate surface area is 161 Å². The van der Waals surface area contributed by atoms with Gasteiger partial charge in [0.15, 0.2) is 12.4 Å². The second kappa shape index (κ2) is 8.96. The van der Waals surface area contributed by atoms with Crippen LogP contribution in [0.15, 0.2) is 24.3 Å². The molecular formula is C19H20ClNO4S. The Morgan fingerprint density at radius 1 is 1.12 bits per heavy atom. The fraction of sp³-hybridized carbons (Fsp3) is 0.316. The van der Waals surface area contributed by atoms with Crippen molar-refractivity contribution in [1.29, 1.82) is 0 Å². The van der Waals surface area contributed by atoms with Crippen LogP contribution in [0.4, 0.5) is 5.69 Å². The zero-order valence-corrected chi connectivity index (χ0v) is 16.4. The van der Waals surface area contributed by atoms with Gasteiger partial charge in [-0.05, 0) is 50.6 Å². The third kappa shape index (κ3) is 5.68. The van der Waals surface area contributed by atoms with Crippen LogP contribution in [0.1, 0.15) is 38.5 Å². The van der Waals surface area contributed by atoms with E-state index in [1.807, 2.05) is 26.8 Å². The molecule has 2 rings (SSSR count). The summed E-state index contributed by atoms with van der Waals surface area (Å²) in [6, 6.07) is 6.90. The number of benzene rings is 1. The van der Waals surface area contributed by atoms with Crippen LogP contribution in [-0.4, -0.2) is 24.3 Å². The Kier molecular flexibility index (Phi) is 6.94. The van der Waals surface area contributed by atoms with E-state index in [-0.39, 0.29) is 18.6 Å². The lowest BCUT2D eigenvalue weighted by atomic mass is 10.1. The number of hydrogen-bond donors (Lipinski definition) is 1. The number of carbonyl (C=O) groups is 3. The van der Waals surface area contributed by atoms with Crippen LogP contribution < -0.4 is 5.32 Å². The number of esters is 1. The van der Waals surface area contributed by atoms with E-state index >= 15 is 0 Å². The average molecular weight is 394 g/mol. The number of hydrogen-bond acceptors (Lipinski definition) is 5. The Balaban J connectivity index is 1.76. The number of rotatable bonds is 7. The van der Waals surface area contributed by atoms with Crippen molar-refractivity contribution in [2.75, 3.05) is 11.9 Å². The highest BCUT2D eigenvalue weighted by molar-refractivity contribution is 7.12. The third-order valence-corrected chi connectivity index (χ3v) is 4.93. The van der Waals surface area contributed by atoms with Gasteiger partial charge in [-0.25, -0.2) is 0 Å². The van der Waals surface area contributed by atoms with Gasteiger partial charge in [-0.2, -0.15) is 0 Å². The van der Waals surface area contributed by atoms with Crippen molar-refractivity contribution in [2.24, 2.45) is 0 Å². The molecule has 0 fully saturated rings. The average Bonchev–Trinajstić information content (AvgIpc) is 2.92. The molecule has 0 aliphatic heterocycles. The van der Waals surface area contributed by atoms with Crippen molar-refractivity contribution < 1.29 is 19.1 Å². The van der Waals surface area contributed by atoms with Gasteiger partial charge in [0, 0.05) is 32.4 Å². The summed E-state index contributed by atoms with van der Waals surface area (Å²) >= 11 is 7.41. The van der Waals surface area contributed by atoms with Crippen molar-refractivity contribution in [3.63, 3.8) is 0 Å². The summed E-state index contributed by atoms with van der Waals surface area (Å²) in [7, 11) is 0. The van der Waals surface area contributed by atoms with Gasteiger partial charge in [-0.15, -0.1) is 11.3 Å². The van der Waals surface area contributed by atoms with Crippen molar-refractivity contribution in [3.05, 3.63) is 50.2 Å². The first-order valence-corrected chi connectivity index (χ1v) is 9.27. The van der Waals surface area contributed by atoms with Gasteiger partial charge in [0.05, 0.1) is 6.42 Å². The molecule has 0 spiro atoms. The molecule has 7 heteroatoms. The smallest absolute Gasteiger partial charge is 0.306 e. The maximum Gasteiger partial charge on any atom is 0.306 e. The number of anilines is 1. The van der Waals surface area contributed by atoms with Gasteiger partial charge < -0.3 is 10.1 Å². The highest BCUT2D eigenvalue weighted by Crippen LogP contribution is 2.22. The predicted octanol–water partition coefficient (Wildman–Crippen LogP) is 4.47. The van der Waals surface area contributed by atoms with E-state index in [1.165, 1.54) is 0 Å². The summed E-state index contributed by atoms with van der Waals surface area (Å²) in [5.41, 5.74) is 2.06. The van der Waals surface area contributed by atoms with E-state index < -0.39 is 18.5 Å². The number of ether oxygens (including phenoxy) is 1. The lowest BCUT2D eigenvalue weighted by molar-refractivity contribution is -0.147. The van der Waals surface area contributed by atoms with Crippen molar-refractivity contribution in [2.45, 2.75) is 33.6 Å². The van der Waals surface area contributed by atoms with E-state index in [2.05, 4.69) is 5.32 Å². The molecule has 138 valence electrons. The zero-order chi connectivity index (χ0) is 19.3. The predicted molar refractivity (Wildman–Crippen MR) is 103 cm³/mol. The van der Waals surface area contributed by atoms with Crippen LogP contribution in [0.5, 0.6) is 0 Å². The zero-order valence-electron chi connectivity index (χ0n) is 14.8. The molecule has 0 saturated heterocycles. The molecule has 1 N–H and O–H groups in total. The Hall–Kier alpha value is -2.18. The molecule has 1 amide bonds. The fourth-order valence-corrected chi connectivity index (χ4v) is 3.60. The molecule has 1 heterocycles. The number of thiophene rings is 1. The second-order valence-electron chi connectivity index (χ2n) is 5.92. The first kappa shape index (κ1) is 20.1. The molecule has 2 aromatic rings. The summed E-state index contributed by atoms with van der Waals surface area (Å²) in [6.07, 6.45) is 0.00811. The van der Waals surface area contributed by atoms with Crippen LogP contribution >= 0.6 is 22.9 Å². The number of ketones is 1. The number of halogens is 1. The molecule has 26 heavy (non-hydrogen) atoms. The lowest BCUT2D eigenvalue weighted by Gasteiger charge is -2.09. The molecule has 0 atom stereocenters. The van der Waals surface area contributed by atoms with Crippen LogP contribution in [0.2, 0.25) is 5.02 Å². The third-order valence-electron chi connectivity index (χ3n) is 3.72. The molecule has 0 saturated carbocycles. The van der Waals surface area contributed by atoms with E-state index in [0.717, 1.165) is 15.3 Å². The Morgan fingerprint density at radius 3 is 2.46 bits per heavy atom. The quantitative estimate of drug-likeness (QED) is 0.556. The Bertz CT molecular complexity index is 844. The minimum absolute atomic E-state index is 0.0551. The molecule has 0 aliphatic rings. The number of carbonyl (C=O) groups excluding carboxylic acids is 3. The van der Waals surface area contributed by atoms with Crippen molar-refractivity contribution >= 4 is 46.3 Å². The topological polar surface area (TPSA) is 72.5 Å². The normalized spacial score (nSPS) is 10.5. The number of amides is 1. The highest BCUT2D eigenvalue weighted by Gasteiger charge is 2.15. The molecular weight excluding hydrogens is 374 g/mol. The van der Waals surface area contributed by atoms with Crippen LogP contribution in [0, 0.1) is 20.8 Å². The van der Waals surface area contributed by atoms with E-state index in [4.69, 9.17) is 16.3 Å². The summed E-state index contributed by atoms with van der Waals surface area (Å²) in [5, 5.41) is 3.23. The van der Waals surface area contributed by atoms with Gasteiger partial charge in [-0.3, -0.25) is 14.4 Å². The van der Waals surface area contributed by atoms with Crippen LogP contribution in [0.3, 0.4) is 0 Å². The first-order chi connectivity index (χ1) is 12.3. The molecule has 0 bridgehead atoms. The summed E-state index contributed by atoms with van der Waals surface area (Å²) < 4.78 is 4.93. The monoisotopic (exact) mass is 393 g/mol. The number of nitrogens with one attached hydrogen (secondary N) is 1. The maximum absolute atomic E-state index is 12.1. The van der Waals surface area contributed by atoms with Crippen molar-refractivity contribution in [3.8, 4) is 0 Å². The largest absolute Gasteiger partial charge is 0.456 e. The van der Waals surface area contributed by atoms with Crippen LogP contribution in [-0.2, 0) is 14.3 Å². The molecule has 1 aromatic heterocycles. The van der Waals surface area contributed by atoms with E-state index in [9.17, 15) is 14.4 Å². The molecule has 1 aromatic carbocycles. The van der Waals surface area contributed by atoms with E-state index in [0.29, 0.717) is 16.3 Å². The lowest BCUT2D eigenvalue weighted by Crippen LogP contribution is -2.21. The summed E-state index contributed by atoms with van der Waals surface area (Å²) in [4.78, 5) is 37.8. The summed E-state index contributed by atoms with van der Waals surface area (Å²) in [5.74, 6) is -1.12. The van der Waals surface area contributed by atoms with Gasteiger partial charge in [-0.1, -0.05) is 11.6 Å². The van der Waals surface area contributed by atoms with Gasteiger partial charge in [0.1, 0.15) is 0 Å². The SMILES string of the molecule is Cc1cc(C(=O)CCC(=O)OCC(=O)Nc2ccc(Cl)cc2C)c(C)s1. The van der Waals surface area contributed by atoms with Gasteiger partial charge in [0.2, 0.25) is 0 Å². The number of Topliss-reactive ketones (excluding diaryl/α,β-unsaturated/α-hetero) is 1.